The Hall–Kier alpha value is -3.09. The van der Waals surface area contributed by atoms with Crippen LogP contribution in [-0.2, 0) is 0 Å². The van der Waals surface area contributed by atoms with Crippen molar-refractivity contribution in [3.05, 3.63) is 66.0 Å². The third-order valence-electron chi connectivity index (χ3n) is 2.98. The molecule has 0 saturated heterocycles. The van der Waals surface area contributed by atoms with Crippen molar-refractivity contribution in [2.45, 2.75) is 0 Å². The highest BCUT2D eigenvalue weighted by Gasteiger charge is 2.07. The molecule has 2 heterocycles. The lowest BCUT2D eigenvalue weighted by atomic mass is 10.2. The number of halogens is 2. The molecule has 3 aromatic rings. The summed E-state index contributed by atoms with van der Waals surface area (Å²) < 4.78 is 31.7. The van der Waals surface area contributed by atoms with Gasteiger partial charge in [-0.2, -0.15) is 0 Å². The van der Waals surface area contributed by atoms with Gasteiger partial charge in [0.15, 0.2) is 0 Å². The van der Waals surface area contributed by atoms with Crippen LogP contribution in [0.2, 0.25) is 0 Å². The molecule has 0 aliphatic heterocycles. The van der Waals surface area contributed by atoms with Gasteiger partial charge < -0.3 is 9.73 Å². The number of aromatic nitrogens is 3. The molecule has 0 amide bonds. The Kier molecular flexibility index (Phi) is 4.37. The lowest BCUT2D eigenvalue weighted by molar-refractivity contribution is 0.581. The first-order chi connectivity index (χ1) is 11.2. The second-order valence-corrected chi connectivity index (χ2v) is 4.60. The van der Waals surface area contributed by atoms with Crippen molar-refractivity contribution in [1.29, 1.82) is 0 Å². The molecule has 0 bridgehead atoms. The van der Waals surface area contributed by atoms with Crippen molar-refractivity contribution in [3.8, 4) is 11.5 Å². The number of rotatable bonds is 5. The highest BCUT2D eigenvalue weighted by Crippen LogP contribution is 2.18. The molecule has 116 valence electrons. The summed E-state index contributed by atoms with van der Waals surface area (Å²) in [6, 6.07) is 7.18. The first-order valence-corrected chi connectivity index (χ1v) is 6.82. The van der Waals surface area contributed by atoms with Crippen molar-refractivity contribution < 1.29 is 13.2 Å². The average Bonchev–Trinajstić information content (AvgIpc) is 3.03. The minimum atomic E-state index is -0.612. The fraction of sp³-hybridized carbons (Fsp3) is 0.0625. The maximum atomic E-state index is 13.4. The van der Waals surface area contributed by atoms with E-state index in [1.807, 2.05) is 0 Å². The summed E-state index contributed by atoms with van der Waals surface area (Å²) >= 11 is 0. The number of hydrogen-bond donors (Lipinski definition) is 1. The number of benzene rings is 1. The molecule has 0 radical (unpaired) electrons. The molecular formula is C16H12F2N4O. The molecule has 7 heteroatoms. The molecule has 1 aromatic carbocycles. The number of nitrogens with zero attached hydrogens (tertiary/aromatic N) is 3. The van der Waals surface area contributed by atoms with Gasteiger partial charge in [0.1, 0.15) is 11.6 Å². The Morgan fingerprint density at radius 1 is 1.09 bits per heavy atom. The van der Waals surface area contributed by atoms with Crippen LogP contribution in [0, 0.1) is 11.6 Å². The molecule has 3 rings (SSSR count). The standard InChI is InChI=1S/C16H12F2N4O/c17-13-4-3-11(14(18)10-13)2-1-7-20-16-22-21-15(23-16)12-5-8-19-9-6-12/h1-6,8-10H,7H2,(H,20,22). The minimum Gasteiger partial charge on any atom is -0.403 e. The smallest absolute Gasteiger partial charge is 0.315 e. The van der Waals surface area contributed by atoms with E-state index in [9.17, 15) is 8.78 Å². The van der Waals surface area contributed by atoms with Gasteiger partial charge in [0.25, 0.3) is 0 Å². The van der Waals surface area contributed by atoms with Gasteiger partial charge >= 0.3 is 6.01 Å². The number of hydrogen-bond acceptors (Lipinski definition) is 5. The number of pyridine rings is 1. The van der Waals surface area contributed by atoms with Crippen molar-refractivity contribution in [2.75, 3.05) is 11.9 Å². The van der Waals surface area contributed by atoms with Crippen molar-refractivity contribution in [3.63, 3.8) is 0 Å². The highest BCUT2D eigenvalue weighted by atomic mass is 19.1. The quantitative estimate of drug-likeness (QED) is 0.780. The van der Waals surface area contributed by atoms with E-state index in [2.05, 4.69) is 20.5 Å². The van der Waals surface area contributed by atoms with Gasteiger partial charge in [-0.25, -0.2) is 8.78 Å². The van der Waals surface area contributed by atoms with E-state index in [1.165, 1.54) is 12.1 Å². The molecule has 1 N–H and O–H groups in total. The van der Waals surface area contributed by atoms with Crippen LogP contribution in [0.25, 0.3) is 17.5 Å². The molecule has 23 heavy (non-hydrogen) atoms. The van der Waals surface area contributed by atoms with Gasteiger partial charge in [-0.05, 0) is 24.3 Å². The van der Waals surface area contributed by atoms with E-state index in [0.29, 0.717) is 18.0 Å². The first kappa shape index (κ1) is 14.8. The van der Waals surface area contributed by atoms with Crippen LogP contribution in [0.1, 0.15) is 5.56 Å². The van der Waals surface area contributed by atoms with Gasteiger partial charge in [-0.3, -0.25) is 4.98 Å². The largest absolute Gasteiger partial charge is 0.403 e. The van der Waals surface area contributed by atoms with Crippen molar-refractivity contribution >= 4 is 12.1 Å². The molecule has 0 aliphatic carbocycles. The van der Waals surface area contributed by atoms with Gasteiger partial charge in [0, 0.05) is 36.1 Å². The summed E-state index contributed by atoms with van der Waals surface area (Å²) in [5.74, 6) is -0.838. The van der Waals surface area contributed by atoms with Crippen molar-refractivity contribution in [1.82, 2.24) is 15.2 Å². The lowest BCUT2D eigenvalue weighted by Crippen LogP contribution is -1.98. The third kappa shape index (κ3) is 3.76. The summed E-state index contributed by atoms with van der Waals surface area (Å²) in [7, 11) is 0. The van der Waals surface area contributed by atoms with E-state index >= 15 is 0 Å². The molecule has 0 atom stereocenters. The molecule has 0 spiro atoms. The monoisotopic (exact) mass is 314 g/mol. The summed E-state index contributed by atoms with van der Waals surface area (Å²) in [6.07, 6.45) is 6.48. The molecule has 0 fully saturated rings. The highest BCUT2D eigenvalue weighted by molar-refractivity contribution is 5.52. The zero-order valence-corrected chi connectivity index (χ0v) is 11.9. The minimum absolute atomic E-state index is 0.251. The van der Waals surface area contributed by atoms with Crippen molar-refractivity contribution in [2.24, 2.45) is 0 Å². The summed E-state index contributed by atoms with van der Waals surface area (Å²) in [5.41, 5.74) is 1.07. The molecular weight excluding hydrogens is 302 g/mol. The summed E-state index contributed by atoms with van der Waals surface area (Å²) in [4.78, 5) is 3.91. The van der Waals surface area contributed by atoms with Crippen LogP contribution < -0.4 is 5.32 Å². The van der Waals surface area contributed by atoms with Crippen LogP contribution in [0.4, 0.5) is 14.8 Å². The Balaban J connectivity index is 1.59. The summed E-state index contributed by atoms with van der Waals surface area (Å²) in [5, 5.41) is 10.7. The van der Waals surface area contributed by atoms with E-state index in [4.69, 9.17) is 4.42 Å². The Bertz CT molecular complexity index is 818. The predicted octanol–water partition coefficient (Wildman–Crippen LogP) is 3.54. The maximum absolute atomic E-state index is 13.4. The van der Waals surface area contributed by atoms with Crippen LogP contribution in [0.5, 0.6) is 0 Å². The average molecular weight is 314 g/mol. The fourth-order valence-electron chi connectivity index (χ4n) is 1.87. The zero-order valence-electron chi connectivity index (χ0n) is 11.9. The Morgan fingerprint density at radius 3 is 2.70 bits per heavy atom. The molecule has 0 saturated carbocycles. The zero-order chi connectivity index (χ0) is 16.1. The molecule has 0 aliphatic rings. The van der Waals surface area contributed by atoms with E-state index in [0.717, 1.165) is 11.6 Å². The second-order valence-electron chi connectivity index (χ2n) is 4.60. The van der Waals surface area contributed by atoms with Gasteiger partial charge in [-0.15, -0.1) is 5.10 Å². The lowest BCUT2D eigenvalue weighted by Gasteiger charge is -1.98. The summed E-state index contributed by atoms with van der Waals surface area (Å²) in [6.45, 7) is 0.356. The first-order valence-electron chi connectivity index (χ1n) is 6.82. The molecule has 2 aromatic heterocycles. The molecule has 0 unspecified atom stereocenters. The van der Waals surface area contributed by atoms with Crippen LogP contribution >= 0.6 is 0 Å². The van der Waals surface area contributed by atoms with Gasteiger partial charge in [0.05, 0.1) is 0 Å². The third-order valence-corrected chi connectivity index (χ3v) is 2.98. The second kappa shape index (κ2) is 6.78. The predicted molar refractivity (Wildman–Crippen MR) is 81.4 cm³/mol. The van der Waals surface area contributed by atoms with Crippen LogP contribution in [0.15, 0.2) is 53.2 Å². The normalized spacial score (nSPS) is 11.0. The molecule has 5 nitrogen and oxygen atoms in total. The fourth-order valence-corrected chi connectivity index (χ4v) is 1.87. The van der Waals surface area contributed by atoms with E-state index in [1.54, 1.807) is 36.7 Å². The SMILES string of the molecule is Fc1ccc(C=CCNc2nnc(-c3ccncc3)o2)c(F)c1. The van der Waals surface area contributed by atoms with Gasteiger partial charge in [0.2, 0.25) is 5.89 Å². The van der Waals surface area contributed by atoms with E-state index in [-0.39, 0.29) is 6.01 Å². The van der Waals surface area contributed by atoms with Crippen LogP contribution in [-0.4, -0.2) is 21.7 Å². The van der Waals surface area contributed by atoms with Crippen LogP contribution in [0.3, 0.4) is 0 Å². The van der Waals surface area contributed by atoms with Gasteiger partial charge in [-0.1, -0.05) is 17.3 Å². The van der Waals surface area contributed by atoms with E-state index < -0.39 is 11.6 Å². The number of anilines is 1. The topological polar surface area (TPSA) is 63.8 Å². The maximum Gasteiger partial charge on any atom is 0.315 e. The number of nitrogens with one attached hydrogen (secondary N) is 1. The Morgan fingerprint density at radius 2 is 1.91 bits per heavy atom. The Labute approximate surface area is 130 Å².